The Morgan fingerprint density at radius 3 is 3.00 bits per heavy atom. The molecular weight excluding hydrogens is 333 g/mol. The first kappa shape index (κ1) is 19.1. The number of thiophene rings is 1. The summed E-state index contributed by atoms with van der Waals surface area (Å²) in [7, 11) is 2.20. The molecule has 3 heterocycles. The van der Waals surface area contributed by atoms with Crippen molar-refractivity contribution in [3.63, 3.8) is 0 Å². The molecule has 0 saturated carbocycles. The molecule has 2 saturated heterocycles. The van der Waals surface area contributed by atoms with Crippen LogP contribution < -0.4 is 5.32 Å². The number of likely N-dealkylation sites (tertiary alicyclic amines) is 1. The molecule has 3 rings (SSSR count). The van der Waals surface area contributed by atoms with E-state index >= 15 is 0 Å². The van der Waals surface area contributed by atoms with Gasteiger partial charge in [0.2, 0.25) is 0 Å². The summed E-state index contributed by atoms with van der Waals surface area (Å²) < 4.78 is 13.9. The van der Waals surface area contributed by atoms with Crippen molar-refractivity contribution in [2.24, 2.45) is 5.92 Å². The Morgan fingerprint density at radius 2 is 2.30 bits per heavy atom. The largest absolute Gasteiger partial charge is 0.316 e. The predicted molar refractivity (Wildman–Crippen MR) is 98.4 cm³/mol. The standard InChI is InChI=1S/C17H28FN3S.ClH/c1-20(10-14-4-2-6-19-9-14)12-16-8-15(18)11-21(16)13-17-5-3-7-22-17;/h3,5,7,14-16,19H,2,4,6,8-13H2,1H3;1H/t14?,15-,16-;/m0./s1. The van der Waals surface area contributed by atoms with Crippen LogP contribution in [0.2, 0.25) is 0 Å². The van der Waals surface area contributed by atoms with E-state index in [1.807, 2.05) is 0 Å². The van der Waals surface area contributed by atoms with Gasteiger partial charge in [0.25, 0.3) is 0 Å². The van der Waals surface area contributed by atoms with E-state index in [4.69, 9.17) is 0 Å². The number of alkyl halides is 1. The van der Waals surface area contributed by atoms with E-state index in [0.717, 1.165) is 32.1 Å². The minimum Gasteiger partial charge on any atom is -0.316 e. The molecule has 2 aliphatic rings. The van der Waals surface area contributed by atoms with Crippen molar-refractivity contribution in [1.29, 1.82) is 0 Å². The average molecular weight is 362 g/mol. The molecule has 0 aliphatic carbocycles. The number of likely N-dealkylation sites (N-methyl/N-ethyl adjacent to an activating group) is 1. The summed E-state index contributed by atoms with van der Waals surface area (Å²) in [5.41, 5.74) is 0. The van der Waals surface area contributed by atoms with Crippen LogP contribution in [0.5, 0.6) is 0 Å². The third-order valence-electron chi connectivity index (χ3n) is 4.91. The Balaban J connectivity index is 0.00000192. The molecule has 0 amide bonds. The lowest BCUT2D eigenvalue weighted by Gasteiger charge is -2.31. The molecule has 132 valence electrons. The minimum atomic E-state index is -0.658. The third-order valence-corrected chi connectivity index (χ3v) is 5.77. The van der Waals surface area contributed by atoms with Gasteiger partial charge in [-0.05, 0) is 56.8 Å². The van der Waals surface area contributed by atoms with E-state index in [-0.39, 0.29) is 12.4 Å². The smallest absolute Gasteiger partial charge is 0.114 e. The second-order valence-corrected chi connectivity index (χ2v) is 7.96. The van der Waals surface area contributed by atoms with Gasteiger partial charge in [-0.2, -0.15) is 0 Å². The highest BCUT2D eigenvalue weighted by atomic mass is 35.5. The molecule has 6 heteroatoms. The Labute approximate surface area is 149 Å². The van der Waals surface area contributed by atoms with E-state index in [9.17, 15) is 4.39 Å². The quantitative estimate of drug-likeness (QED) is 0.840. The van der Waals surface area contributed by atoms with Crippen LogP contribution in [0.4, 0.5) is 4.39 Å². The molecule has 0 spiro atoms. The number of rotatable bonds is 6. The Hall–Kier alpha value is -0.200. The van der Waals surface area contributed by atoms with Crippen LogP contribution in [0.15, 0.2) is 17.5 Å². The van der Waals surface area contributed by atoms with E-state index in [2.05, 4.69) is 39.7 Å². The van der Waals surface area contributed by atoms with Gasteiger partial charge < -0.3 is 10.2 Å². The fourth-order valence-corrected chi connectivity index (χ4v) is 4.59. The van der Waals surface area contributed by atoms with E-state index in [0.29, 0.717) is 19.0 Å². The van der Waals surface area contributed by atoms with Crippen molar-refractivity contribution in [3.05, 3.63) is 22.4 Å². The second kappa shape index (κ2) is 9.33. The first-order chi connectivity index (χ1) is 10.7. The van der Waals surface area contributed by atoms with Crippen LogP contribution in [0, 0.1) is 5.92 Å². The van der Waals surface area contributed by atoms with E-state index < -0.39 is 6.17 Å². The summed E-state index contributed by atoms with van der Waals surface area (Å²) >= 11 is 1.77. The molecule has 1 aromatic rings. The second-order valence-electron chi connectivity index (χ2n) is 6.93. The maximum Gasteiger partial charge on any atom is 0.114 e. The van der Waals surface area contributed by atoms with Gasteiger partial charge in [-0.1, -0.05) is 6.07 Å². The SMILES string of the molecule is CN(CC1CCCNC1)C[C@@H]1C[C@H](F)CN1Cc1cccs1.Cl. The molecule has 0 aromatic carbocycles. The molecule has 1 N–H and O–H groups in total. The van der Waals surface area contributed by atoms with Gasteiger partial charge in [0.05, 0.1) is 0 Å². The maximum absolute atomic E-state index is 13.9. The van der Waals surface area contributed by atoms with Gasteiger partial charge >= 0.3 is 0 Å². The Bertz CT molecular complexity index is 439. The topological polar surface area (TPSA) is 18.5 Å². The average Bonchev–Trinajstić information content (AvgIpc) is 3.11. The van der Waals surface area contributed by atoms with Crippen LogP contribution >= 0.6 is 23.7 Å². The zero-order valence-electron chi connectivity index (χ0n) is 13.9. The van der Waals surface area contributed by atoms with E-state index in [1.165, 1.54) is 24.3 Å². The lowest BCUT2D eigenvalue weighted by Crippen LogP contribution is -2.42. The molecule has 1 unspecified atom stereocenters. The normalized spacial score (nSPS) is 28.9. The molecule has 0 bridgehead atoms. The highest BCUT2D eigenvalue weighted by molar-refractivity contribution is 7.09. The minimum absolute atomic E-state index is 0. The van der Waals surface area contributed by atoms with E-state index in [1.54, 1.807) is 11.3 Å². The molecule has 3 nitrogen and oxygen atoms in total. The zero-order chi connectivity index (χ0) is 15.4. The van der Waals surface area contributed by atoms with Gasteiger partial charge in [-0.25, -0.2) is 4.39 Å². The summed E-state index contributed by atoms with van der Waals surface area (Å²) in [5, 5.41) is 5.59. The monoisotopic (exact) mass is 361 g/mol. The number of nitrogens with one attached hydrogen (secondary N) is 1. The van der Waals surface area contributed by atoms with Gasteiger partial charge in [0.1, 0.15) is 6.17 Å². The zero-order valence-corrected chi connectivity index (χ0v) is 15.5. The van der Waals surface area contributed by atoms with Gasteiger partial charge in [0.15, 0.2) is 0 Å². The Kier molecular flexibility index (Phi) is 7.76. The fraction of sp³-hybridized carbons (Fsp3) is 0.765. The van der Waals surface area contributed by atoms with Crippen LogP contribution in [0.25, 0.3) is 0 Å². The fourth-order valence-electron chi connectivity index (χ4n) is 3.86. The van der Waals surface area contributed by atoms with Gasteiger partial charge in [-0.3, -0.25) is 4.90 Å². The third kappa shape index (κ3) is 5.68. The van der Waals surface area contributed by atoms with Crippen molar-refractivity contribution in [2.45, 2.75) is 38.0 Å². The van der Waals surface area contributed by atoms with Crippen molar-refractivity contribution >= 4 is 23.7 Å². The van der Waals surface area contributed by atoms with Crippen molar-refractivity contribution < 1.29 is 4.39 Å². The lowest BCUT2D eigenvalue weighted by molar-refractivity contribution is 0.165. The van der Waals surface area contributed by atoms with Crippen LogP contribution in [0.1, 0.15) is 24.1 Å². The summed E-state index contributed by atoms with van der Waals surface area (Å²) in [6, 6.07) is 4.60. The van der Waals surface area contributed by atoms with Gasteiger partial charge in [0, 0.05) is 37.1 Å². The van der Waals surface area contributed by atoms with Crippen molar-refractivity contribution in [1.82, 2.24) is 15.1 Å². The van der Waals surface area contributed by atoms with Crippen LogP contribution in [-0.4, -0.2) is 61.8 Å². The van der Waals surface area contributed by atoms with Crippen LogP contribution in [-0.2, 0) is 6.54 Å². The predicted octanol–water partition coefficient (Wildman–Crippen LogP) is 3.01. The summed E-state index contributed by atoms with van der Waals surface area (Å²) in [6.45, 7) is 5.93. The number of nitrogens with zero attached hydrogens (tertiary/aromatic N) is 2. The summed E-state index contributed by atoms with van der Waals surface area (Å²) in [6.07, 6.45) is 2.65. The van der Waals surface area contributed by atoms with Crippen molar-refractivity contribution in [3.8, 4) is 0 Å². The maximum atomic E-state index is 13.9. The molecule has 2 fully saturated rings. The molecule has 3 atom stereocenters. The molecule has 1 aromatic heterocycles. The highest BCUT2D eigenvalue weighted by Gasteiger charge is 2.33. The molecular formula is C17H29ClFN3S. The molecule has 23 heavy (non-hydrogen) atoms. The number of halogens is 2. The number of piperidine rings is 1. The number of hydrogen-bond acceptors (Lipinski definition) is 4. The molecule has 2 aliphatic heterocycles. The van der Waals surface area contributed by atoms with Crippen LogP contribution in [0.3, 0.4) is 0 Å². The Morgan fingerprint density at radius 1 is 1.43 bits per heavy atom. The first-order valence-electron chi connectivity index (χ1n) is 8.50. The summed E-state index contributed by atoms with van der Waals surface area (Å²) in [5.74, 6) is 0.757. The molecule has 0 radical (unpaired) electrons. The van der Waals surface area contributed by atoms with Crippen molar-refractivity contribution in [2.75, 3.05) is 39.8 Å². The summed E-state index contributed by atoms with van der Waals surface area (Å²) in [4.78, 5) is 6.10. The highest BCUT2D eigenvalue weighted by Crippen LogP contribution is 2.25. The van der Waals surface area contributed by atoms with Gasteiger partial charge in [-0.15, -0.1) is 23.7 Å². The lowest BCUT2D eigenvalue weighted by atomic mass is 9.99. The number of hydrogen-bond donors (Lipinski definition) is 1. The first-order valence-corrected chi connectivity index (χ1v) is 9.38.